The van der Waals surface area contributed by atoms with Gasteiger partial charge in [0.1, 0.15) is 23.0 Å². The molecule has 2 rings (SSSR count). The molecule has 0 unspecified atom stereocenters. The largest absolute Gasteiger partial charge is 0.496 e. The van der Waals surface area contributed by atoms with E-state index in [2.05, 4.69) is 6.58 Å². The van der Waals surface area contributed by atoms with Crippen molar-refractivity contribution >= 4 is 26.9 Å². The molecule has 0 bridgehead atoms. The molecule has 1 amide bonds. The number of carbonyl (C=O) groups is 1. The van der Waals surface area contributed by atoms with Crippen molar-refractivity contribution in [3.8, 4) is 23.0 Å². The highest BCUT2D eigenvalue weighted by molar-refractivity contribution is 7.99. The first-order valence-electron chi connectivity index (χ1n) is 8.65. The summed E-state index contributed by atoms with van der Waals surface area (Å²) in [6, 6.07) is 9.87. The Morgan fingerprint density at radius 2 is 1.30 bits per heavy atom. The van der Waals surface area contributed by atoms with Gasteiger partial charge in [0.25, 0.3) is 15.9 Å². The fourth-order valence-electron chi connectivity index (χ4n) is 2.69. The average Bonchev–Trinajstić information content (AvgIpc) is 2.75. The number of hydrogen-bond acceptors (Lipinski definition) is 7. The number of sulfonamides is 1. The predicted octanol–water partition coefficient (Wildman–Crippen LogP) is 2.85. The topological polar surface area (TPSA) is 100 Å². The van der Waals surface area contributed by atoms with Crippen LogP contribution in [0.3, 0.4) is 0 Å². The summed E-state index contributed by atoms with van der Waals surface area (Å²) < 4.78 is 48.3. The van der Waals surface area contributed by atoms with Crippen LogP contribution in [-0.4, -0.2) is 42.8 Å². The van der Waals surface area contributed by atoms with Crippen LogP contribution in [0.1, 0.15) is 11.1 Å². The van der Waals surface area contributed by atoms with Gasteiger partial charge in [0, 0.05) is 6.08 Å². The third-order valence-electron chi connectivity index (χ3n) is 4.13. The lowest BCUT2D eigenvalue weighted by Gasteiger charge is -2.15. The molecule has 9 heteroatoms. The Labute approximate surface area is 175 Å². The molecule has 0 aliphatic heterocycles. The summed E-state index contributed by atoms with van der Waals surface area (Å²) in [7, 11) is 1.44. The summed E-state index contributed by atoms with van der Waals surface area (Å²) in [4.78, 5) is 11.9. The quantitative estimate of drug-likeness (QED) is 0.607. The average molecular weight is 433 g/mol. The van der Waals surface area contributed by atoms with E-state index in [0.717, 1.165) is 6.08 Å². The molecule has 0 atom stereocenters. The molecule has 2 aromatic rings. The minimum Gasteiger partial charge on any atom is -0.496 e. The number of rotatable bonds is 9. The maximum Gasteiger partial charge on any atom is 0.264 e. The van der Waals surface area contributed by atoms with Crippen molar-refractivity contribution in [2.45, 2.75) is 0 Å². The summed E-state index contributed by atoms with van der Waals surface area (Å²) in [5, 5.41) is 0. The summed E-state index contributed by atoms with van der Waals surface area (Å²) >= 11 is 0. The molecule has 0 fully saturated rings. The van der Waals surface area contributed by atoms with Gasteiger partial charge in [-0.15, -0.1) is 0 Å². The SMILES string of the molecule is C=C(c1c(OC)cccc1OC)S(=O)(=O)NC(=O)/C=C\c1c(OC)cccc1OC. The molecule has 0 radical (unpaired) electrons. The highest BCUT2D eigenvalue weighted by Crippen LogP contribution is 2.36. The van der Waals surface area contributed by atoms with E-state index in [4.69, 9.17) is 18.9 Å². The molecule has 0 aliphatic rings. The van der Waals surface area contributed by atoms with E-state index in [0.29, 0.717) is 17.1 Å². The fraction of sp³-hybridized carbons (Fsp3) is 0.190. The summed E-state index contributed by atoms with van der Waals surface area (Å²) in [5.74, 6) is 0.532. The number of ether oxygens (including phenoxy) is 4. The van der Waals surface area contributed by atoms with Crippen molar-refractivity contribution in [3.63, 3.8) is 0 Å². The lowest BCUT2D eigenvalue weighted by molar-refractivity contribution is -0.114. The molecule has 30 heavy (non-hydrogen) atoms. The molecular weight excluding hydrogens is 410 g/mol. The minimum absolute atomic E-state index is 0.123. The number of amides is 1. The van der Waals surface area contributed by atoms with Crippen LogP contribution in [0.15, 0.2) is 49.1 Å². The van der Waals surface area contributed by atoms with Crippen molar-refractivity contribution in [2.75, 3.05) is 28.4 Å². The van der Waals surface area contributed by atoms with Crippen molar-refractivity contribution in [2.24, 2.45) is 0 Å². The van der Waals surface area contributed by atoms with Crippen LogP contribution >= 0.6 is 0 Å². The molecule has 0 aliphatic carbocycles. The van der Waals surface area contributed by atoms with E-state index in [9.17, 15) is 13.2 Å². The number of hydrogen-bond donors (Lipinski definition) is 1. The lowest BCUT2D eigenvalue weighted by Crippen LogP contribution is -2.29. The van der Waals surface area contributed by atoms with Gasteiger partial charge in [-0.1, -0.05) is 18.7 Å². The normalized spacial score (nSPS) is 11.1. The van der Waals surface area contributed by atoms with Gasteiger partial charge < -0.3 is 18.9 Å². The first-order chi connectivity index (χ1) is 14.3. The smallest absolute Gasteiger partial charge is 0.264 e. The molecular formula is C21H23NO7S. The molecule has 0 saturated carbocycles. The van der Waals surface area contributed by atoms with E-state index in [1.807, 2.05) is 4.72 Å². The standard InChI is InChI=1S/C21H23NO7S/c1-14(21-18(28-4)10-7-11-19(21)29-5)30(24,25)22-20(23)13-12-15-16(26-2)8-6-9-17(15)27-3/h6-13H,1H2,2-5H3,(H,22,23)/b13-12-. The Bertz CT molecular complexity index is 1030. The molecule has 160 valence electrons. The highest BCUT2D eigenvalue weighted by atomic mass is 32.2. The van der Waals surface area contributed by atoms with Gasteiger partial charge in [-0.25, -0.2) is 13.1 Å². The van der Waals surface area contributed by atoms with E-state index in [1.165, 1.54) is 34.5 Å². The molecule has 2 aromatic carbocycles. The summed E-state index contributed by atoms with van der Waals surface area (Å²) in [6.07, 6.45) is 2.46. The van der Waals surface area contributed by atoms with Gasteiger partial charge in [0.15, 0.2) is 0 Å². The maximum atomic E-state index is 12.7. The molecule has 1 N–H and O–H groups in total. The van der Waals surface area contributed by atoms with Crippen molar-refractivity contribution in [1.82, 2.24) is 4.72 Å². The predicted molar refractivity (Wildman–Crippen MR) is 114 cm³/mol. The molecule has 0 aromatic heterocycles. The van der Waals surface area contributed by atoms with Gasteiger partial charge in [-0.05, 0) is 30.3 Å². The third-order valence-corrected chi connectivity index (χ3v) is 5.46. The van der Waals surface area contributed by atoms with E-state index >= 15 is 0 Å². The van der Waals surface area contributed by atoms with Crippen LogP contribution < -0.4 is 23.7 Å². The fourth-order valence-corrected chi connectivity index (χ4v) is 3.62. The van der Waals surface area contributed by atoms with Crippen LogP contribution in [0.25, 0.3) is 11.0 Å². The zero-order valence-electron chi connectivity index (χ0n) is 17.1. The summed E-state index contributed by atoms with van der Waals surface area (Å²) in [6.45, 7) is 3.61. The molecule has 0 saturated heterocycles. The zero-order chi connectivity index (χ0) is 22.3. The number of methoxy groups -OCH3 is 4. The van der Waals surface area contributed by atoms with Crippen LogP contribution in [-0.2, 0) is 14.8 Å². The lowest BCUT2D eigenvalue weighted by atomic mass is 10.1. The Morgan fingerprint density at radius 1 is 0.867 bits per heavy atom. The second-order valence-electron chi connectivity index (χ2n) is 5.84. The third kappa shape index (κ3) is 4.93. The zero-order valence-corrected chi connectivity index (χ0v) is 17.9. The second-order valence-corrected chi connectivity index (χ2v) is 7.54. The Balaban J connectivity index is 2.30. The Kier molecular flexibility index (Phi) is 7.48. The van der Waals surface area contributed by atoms with Gasteiger partial charge in [-0.3, -0.25) is 4.79 Å². The highest BCUT2D eigenvalue weighted by Gasteiger charge is 2.25. The van der Waals surface area contributed by atoms with Crippen LogP contribution in [0.4, 0.5) is 0 Å². The van der Waals surface area contributed by atoms with Crippen molar-refractivity contribution < 1.29 is 32.2 Å². The number of benzene rings is 2. The Hall–Kier alpha value is -3.46. The number of nitrogens with one attached hydrogen (secondary N) is 1. The first-order valence-corrected chi connectivity index (χ1v) is 10.1. The van der Waals surface area contributed by atoms with Crippen LogP contribution in [0.5, 0.6) is 23.0 Å². The van der Waals surface area contributed by atoms with E-state index in [1.54, 1.807) is 36.4 Å². The molecule has 8 nitrogen and oxygen atoms in total. The molecule has 0 heterocycles. The first kappa shape index (κ1) is 22.8. The number of carbonyl (C=O) groups excluding carboxylic acids is 1. The van der Waals surface area contributed by atoms with Gasteiger partial charge >= 0.3 is 0 Å². The van der Waals surface area contributed by atoms with E-state index in [-0.39, 0.29) is 22.0 Å². The summed E-state index contributed by atoms with van der Waals surface area (Å²) in [5.41, 5.74) is 0.610. The molecule has 0 spiro atoms. The van der Waals surface area contributed by atoms with Gasteiger partial charge in [-0.2, -0.15) is 0 Å². The monoisotopic (exact) mass is 433 g/mol. The maximum absolute atomic E-state index is 12.7. The van der Waals surface area contributed by atoms with Crippen LogP contribution in [0, 0.1) is 0 Å². The minimum atomic E-state index is -4.28. The van der Waals surface area contributed by atoms with Crippen molar-refractivity contribution in [1.29, 1.82) is 0 Å². The van der Waals surface area contributed by atoms with Gasteiger partial charge in [0.05, 0.1) is 44.5 Å². The van der Waals surface area contributed by atoms with Crippen molar-refractivity contribution in [3.05, 3.63) is 60.2 Å². The second kappa shape index (κ2) is 9.84. The Morgan fingerprint density at radius 3 is 1.73 bits per heavy atom. The van der Waals surface area contributed by atoms with Crippen LogP contribution in [0.2, 0.25) is 0 Å². The van der Waals surface area contributed by atoms with E-state index < -0.39 is 15.9 Å². The van der Waals surface area contributed by atoms with Gasteiger partial charge in [0.2, 0.25) is 0 Å².